The second-order valence-electron chi connectivity index (χ2n) is 4.44. The van der Waals surface area contributed by atoms with Crippen LogP contribution in [0.1, 0.15) is 26.3 Å². The summed E-state index contributed by atoms with van der Waals surface area (Å²) in [4.78, 5) is 4.33. The van der Waals surface area contributed by atoms with Gasteiger partial charge in [0.15, 0.2) is 0 Å². The van der Waals surface area contributed by atoms with Gasteiger partial charge in [0.05, 0.1) is 6.61 Å². The second-order valence-corrected chi connectivity index (χ2v) is 4.44. The number of hydrogen-bond donors (Lipinski definition) is 1. The van der Waals surface area contributed by atoms with Crippen LogP contribution in [0, 0.1) is 5.92 Å². The van der Waals surface area contributed by atoms with Crippen LogP contribution >= 0.6 is 0 Å². The molecule has 0 aliphatic heterocycles. The molecule has 0 saturated heterocycles. The molecular weight excluding hydrogens is 190 g/mol. The molecule has 15 heavy (non-hydrogen) atoms. The highest BCUT2D eigenvalue weighted by Gasteiger charge is 2.35. The van der Waals surface area contributed by atoms with Crippen molar-refractivity contribution in [2.45, 2.75) is 32.4 Å². The minimum absolute atomic E-state index is 0.296. The number of anilines is 1. The van der Waals surface area contributed by atoms with E-state index in [4.69, 9.17) is 4.74 Å². The SMILES string of the molecule is COCC(C)Nc1nccn1C1CC1C. The molecule has 4 heteroatoms. The number of imidazole rings is 1. The molecule has 1 N–H and O–H groups in total. The average molecular weight is 209 g/mol. The molecule has 0 aromatic carbocycles. The quantitative estimate of drug-likeness (QED) is 0.805. The molecule has 1 heterocycles. The number of ether oxygens (including phenoxy) is 1. The van der Waals surface area contributed by atoms with Gasteiger partial charge in [0.1, 0.15) is 0 Å². The first-order valence-corrected chi connectivity index (χ1v) is 5.50. The zero-order valence-corrected chi connectivity index (χ0v) is 9.60. The Morgan fingerprint density at radius 1 is 1.73 bits per heavy atom. The molecule has 1 aliphatic carbocycles. The molecule has 1 saturated carbocycles. The highest BCUT2D eigenvalue weighted by Crippen LogP contribution is 2.43. The Labute approximate surface area is 90.6 Å². The monoisotopic (exact) mass is 209 g/mol. The number of aromatic nitrogens is 2. The fourth-order valence-electron chi connectivity index (χ4n) is 1.89. The third kappa shape index (κ3) is 2.31. The third-order valence-corrected chi connectivity index (χ3v) is 2.89. The molecule has 1 aliphatic rings. The van der Waals surface area contributed by atoms with E-state index in [0.29, 0.717) is 18.7 Å². The van der Waals surface area contributed by atoms with Crippen molar-refractivity contribution < 1.29 is 4.74 Å². The van der Waals surface area contributed by atoms with Crippen LogP contribution in [-0.2, 0) is 4.74 Å². The summed E-state index contributed by atoms with van der Waals surface area (Å²) in [6, 6.07) is 0.940. The Morgan fingerprint density at radius 3 is 3.07 bits per heavy atom. The Balaban J connectivity index is 1.99. The first-order chi connectivity index (χ1) is 7.22. The minimum Gasteiger partial charge on any atom is -0.383 e. The number of methoxy groups -OCH3 is 1. The Bertz CT molecular complexity index is 323. The lowest BCUT2D eigenvalue weighted by Crippen LogP contribution is -2.23. The Morgan fingerprint density at radius 2 is 2.47 bits per heavy atom. The van der Waals surface area contributed by atoms with Crippen LogP contribution in [0.15, 0.2) is 12.4 Å². The van der Waals surface area contributed by atoms with Crippen LogP contribution in [-0.4, -0.2) is 29.3 Å². The maximum absolute atomic E-state index is 5.09. The van der Waals surface area contributed by atoms with E-state index in [1.807, 2.05) is 6.20 Å². The summed E-state index contributed by atoms with van der Waals surface area (Å²) in [6.07, 6.45) is 5.17. The number of hydrogen-bond acceptors (Lipinski definition) is 3. The van der Waals surface area contributed by atoms with Crippen molar-refractivity contribution in [1.82, 2.24) is 9.55 Å². The summed E-state index contributed by atoms with van der Waals surface area (Å²) in [5, 5.41) is 3.36. The van der Waals surface area contributed by atoms with Crippen LogP contribution in [0.3, 0.4) is 0 Å². The highest BCUT2D eigenvalue weighted by atomic mass is 16.5. The van der Waals surface area contributed by atoms with Crippen LogP contribution < -0.4 is 5.32 Å². The van der Waals surface area contributed by atoms with Crippen molar-refractivity contribution in [1.29, 1.82) is 0 Å². The van der Waals surface area contributed by atoms with Crippen molar-refractivity contribution in [2.24, 2.45) is 5.92 Å². The number of nitrogens with zero attached hydrogens (tertiary/aromatic N) is 2. The van der Waals surface area contributed by atoms with Crippen molar-refractivity contribution in [3.05, 3.63) is 12.4 Å². The molecule has 0 amide bonds. The van der Waals surface area contributed by atoms with E-state index in [0.717, 1.165) is 11.9 Å². The molecule has 1 aromatic rings. The van der Waals surface area contributed by atoms with Gasteiger partial charge in [-0.1, -0.05) is 6.92 Å². The van der Waals surface area contributed by atoms with Gasteiger partial charge in [0, 0.05) is 31.6 Å². The highest BCUT2D eigenvalue weighted by molar-refractivity contribution is 5.29. The first kappa shape index (κ1) is 10.5. The number of rotatable bonds is 5. The van der Waals surface area contributed by atoms with Gasteiger partial charge in [-0.15, -0.1) is 0 Å². The molecule has 3 unspecified atom stereocenters. The molecule has 4 nitrogen and oxygen atoms in total. The van der Waals surface area contributed by atoms with E-state index in [9.17, 15) is 0 Å². The van der Waals surface area contributed by atoms with E-state index in [1.165, 1.54) is 6.42 Å². The molecular formula is C11H19N3O. The van der Waals surface area contributed by atoms with Gasteiger partial charge in [-0.2, -0.15) is 0 Å². The second kappa shape index (κ2) is 4.23. The molecule has 0 radical (unpaired) electrons. The number of nitrogens with one attached hydrogen (secondary N) is 1. The van der Waals surface area contributed by atoms with Crippen LogP contribution in [0.2, 0.25) is 0 Å². The van der Waals surface area contributed by atoms with Crippen LogP contribution in [0.25, 0.3) is 0 Å². The molecule has 1 fully saturated rings. The zero-order chi connectivity index (χ0) is 10.8. The first-order valence-electron chi connectivity index (χ1n) is 5.50. The summed E-state index contributed by atoms with van der Waals surface area (Å²) < 4.78 is 7.32. The lowest BCUT2D eigenvalue weighted by molar-refractivity contribution is 0.190. The summed E-state index contributed by atoms with van der Waals surface area (Å²) >= 11 is 0. The van der Waals surface area contributed by atoms with Gasteiger partial charge < -0.3 is 14.6 Å². The van der Waals surface area contributed by atoms with Crippen molar-refractivity contribution >= 4 is 5.95 Å². The molecule has 0 spiro atoms. The molecule has 2 rings (SSSR count). The summed E-state index contributed by atoms with van der Waals surface area (Å²) in [7, 11) is 1.72. The normalized spacial score (nSPS) is 26.3. The Kier molecular flexibility index (Phi) is 2.95. The van der Waals surface area contributed by atoms with Gasteiger partial charge in [-0.3, -0.25) is 0 Å². The zero-order valence-electron chi connectivity index (χ0n) is 9.60. The molecule has 84 valence electrons. The maximum Gasteiger partial charge on any atom is 0.203 e. The summed E-state index contributed by atoms with van der Waals surface area (Å²) in [5.74, 6) is 1.76. The van der Waals surface area contributed by atoms with Gasteiger partial charge in [0.2, 0.25) is 5.95 Å². The van der Waals surface area contributed by atoms with Crippen LogP contribution in [0.5, 0.6) is 0 Å². The molecule has 1 aromatic heterocycles. The van der Waals surface area contributed by atoms with Gasteiger partial charge >= 0.3 is 0 Å². The average Bonchev–Trinajstić information content (AvgIpc) is 2.74. The van der Waals surface area contributed by atoms with Gasteiger partial charge in [-0.05, 0) is 19.3 Å². The molecule has 0 bridgehead atoms. The van der Waals surface area contributed by atoms with Crippen molar-refractivity contribution in [2.75, 3.05) is 19.0 Å². The lowest BCUT2D eigenvalue weighted by atomic mass is 10.4. The third-order valence-electron chi connectivity index (χ3n) is 2.89. The fraction of sp³-hybridized carbons (Fsp3) is 0.727. The van der Waals surface area contributed by atoms with Crippen molar-refractivity contribution in [3.63, 3.8) is 0 Å². The fourth-order valence-corrected chi connectivity index (χ4v) is 1.89. The van der Waals surface area contributed by atoms with Gasteiger partial charge in [0.25, 0.3) is 0 Å². The standard InChI is InChI=1S/C11H19N3O/c1-8-6-10(8)14-5-4-12-11(14)13-9(2)7-15-3/h4-5,8-10H,6-7H2,1-3H3,(H,12,13). The Hall–Kier alpha value is -1.03. The molecule has 3 atom stereocenters. The summed E-state index contributed by atoms with van der Waals surface area (Å²) in [5.41, 5.74) is 0. The minimum atomic E-state index is 0.296. The van der Waals surface area contributed by atoms with E-state index in [-0.39, 0.29) is 0 Å². The predicted octanol–water partition coefficient (Wildman–Crippen LogP) is 1.91. The largest absolute Gasteiger partial charge is 0.383 e. The predicted molar refractivity (Wildman–Crippen MR) is 60.0 cm³/mol. The van der Waals surface area contributed by atoms with E-state index in [1.54, 1.807) is 7.11 Å². The topological polar surface area (TPSA) is 39.1 Å². The van der Waals surface area contributed by atoms with E-state index < -0.39 is 0 Å². The lowest BCUT2D eigenvalue weighted by Gasteiger charge is -2.14. The maximum atomic E-state index is 5.09. The van der Waals surface area contributed by atoms with Crippen LogP contribution in [0.4, 0.5) is 5.95 Å². The van der Waals surface area contributed by atoms with Crippen molar-refractivity contribution in [3.8, 4) is 0 Å². The smallest absolute Gasteiger partial charge is 0.203 e. The summed E-state index contributed by atoms with van der Waals surface area (Å²) in [6.45, 7) is 5.07. The van der Waals surface area contributed by atoms with E-state index in [2.05, 4.69) is 34.9 Å². The van der Waals surface area contributed by atoms with Gasteiger partial charge in [-0.25, -0.2) is 4.98 Å². The van der Waals surface area contributed by atoms with E-state index >= 15 is 0 Å².